The number of ether oxygens (including phenoxy) is 3. The van der Waals surface area contributed by atoms with E-state index in [0.717, 1.165) is 42.3 Å². The molecule has 1 fully saturated rings. The van der Waals surface area contributed by atoms with Crippen molar-refractivity contribution in [3.05, 3.63) is 86.2 Å². The number of anilines is 2. The fourth-order valence-electron chi connectivity index (χ4n) is 5.63. The van der Waals surface area contributed by atoms with Gasteiger partial charge in [-0.25, -0.2) is 14.4 Å². The summed E-state index contributed by atoms with van der Waals surface area (Å²) in [6, 6.07) is 7.86. The molecule has 4 aromatic rings. The van der Waals surface area contributed by atoms with Crippen molar-refractivity contribution >= 4 is 35.0 Å². The predicted molar refractivity (Wildman–Crippen MR) is 172 cm³/mol. The molecule has 4 heterocycles. The Balaban J connectivity index is 1.35. The predicted octanol–water partition coefficient (Wildman–Crippen LogP) is 6.89. The van der Waals surface area contributed by atoms with Crippen LogP contribution in [-0.2, 0) is 30.4 Å². The summed E-state index contributed by atoms with van der Waals surface area (Å²) in [5.41, 5.74) is 0.743. The Kier molecular flexibility index (Phi) is 9.99. The average Bonchev–Trinajstić information content (AvgIpc) is 3.08. The van der Waals surface area contributed by atoms with Crippen LogP contribution in [0, 0.1) is 5.82 Å². The first-order valence-electron chi connectivity index (χ1n) is 15.1. The number of nitrogens with zero attached hydrogens (tertiary/aromatic N) is 5. The molecule has 1 unspecified atom stereocenters. The van der Waals surface area contributed by atoms with Crippen LogP contribution in [0.4, 0.5) is 29.2 Å². The smallest absolute Gasteiger partial charge is 0.417 e. The molecular formula is C32H31ClF4N6O4S. The summed E-state index contributed by atoms with van der Waals surface area (Å²) < 4.78 is 73.5. The topological polar surface area (TPSA) is 104 Å². The SMILES string of the molecule is COc1ccc(CNc2nc3c(c(Sc4ccc(F)cc4C(F)(F)F)n2)CCN(c2cnn(C4CCCCO4)c(=O)c2Cl)C3)c(OC)c1. The maximum Gasteiger partial charge on any atom is 0.417 e. The monoisotopic (exact) mass is 706 g/mol. The molecular weight excluding hydrogens is 676 g/mol. The number of fused-ring (bicyclic) bond motifs is 1. The molecule has 2 aliphatic rings. The Morgan fingerprint density at radius 1 is 1.12 bits per heavy atom. The van der Waals surface area contributed by atoms with Crippen molar-refractivity contribution in [2.75, 3.05) is 37.6 Å². The second kappa shape index (κ2) is 14.2. The summed E-state index contributed by atoms with van der Waals surface area (Å²) in [5.74, 6) is 0.314. The zero-order valence-corrected chi connectivity index (χ0v) is 27.5. The molecule has 2 aromatic carbocycles. The number of hydrogen-bond acceptors (Lipinski definition) is 10. The first-order chi connectivity index (χ1) is 23.0. The normalized spacial score (nSPS) is 16.4. The van der Waals surface area contributed by atoms with E-state index in [2.05, 4.69) is 15.4 Å². The number of hydrogen-bond donors (Lipinski definition) is 1. The van der Waals surface area contributed by atoms with E-state index < -0.39 is 29.3 Å². The lowest BCUT2D eigenvalue weighted by Crippen LogP contribution is -2.36. The Labute approximate surface area is 282 Å². The van der Waals surface area contributed by atoms with E-state index in [0.29, 0.717) is 60.5 Å². The van der Waals surface area contributed by atoms with Crippen LogP contribution in [0.1, 0.15) is 47.9 Å². The van der Waals surface area contributed by atoms with Gasteiger partial charge in [-0.3, -0.25) is 4.79 Å². The second-order valence-electron chi connectivity index (χ2n) is 11.1. The van der Waals surface area contributed by atoms with Gasteiger partial charge in [0.05, 0.1) is 43.9 Å². The Morgan fingerprint density at radius 3 is 2.69 bits per heavy atom. The van der Waals surface area contributed by atoms with Gasteiger partial charge in [-0.2, -0.15) is 23.0 Å². The highest BCUT2D eigenvalue weighted by molar-refractivity contribution is 7.99. The molecule has 6 rings (SSSR count). The van der Waals surface area contributed by atoms with E-state index in [1.54, 1.807) is 19.2 Å². The highest BCUT2D eigenvalue weighted by Crippen LogP contribution is 2.42. The minimum absolute atomic E-state index is 0.0163. The first kappa shape index (κ1) is 33.8. The standard InChI is InChI=1S/C32H31ClF4N6O4S/c1-45-20-8-6-18(25(14-20)46-2)15-38-31-40-23-17-42(24-16-39-43(30(44)28(24)33)27-5-3-4-12-47-27)11-10-21(23)29(41-31)48-26-9-7-19(34)13-22(26)32(35,36)37/h6-9,13-14,16,27H,3-5,10-12,15,17H2,1-2H3,(H,38,40,41). The Bertz CT molecular complexity index is 1870. The number of alkyl halides is 3. The van der Waals surface area contributed by atoms with Gasteiger partial charge in [0.15, 0.2) is 6.23 Å². The van der Waals surface area contributed by atoms with Gasteiger partial charge in [0.2, 0.25) is 5.95 Å². The lowest BCUT2D eigenvalue weighted by molar-refractivity contribution is -0.139. The van der Waals surface area contributed by atoms with Gasteiger partial charge in [0, 0.05) is 41.8 Å². The molecule has 254 valence electrons. The molecule has 1 atom stereocenters. The van der Waals surface area contributed by atoms with E-state index in [1.165, 1.54) is 18.0 Å². The molecule has 2 aliphatic heterocycles. The van der Waals surface area contributed by atoms with Crippen molar-refractivity contribution in [3.63, 3.8) is 0 Å². The van der Waals surface area contributed by atoms with Crippen LogP contribution in [0.2, 0.25) is 5.02 Å². The summed E-state index contributed by atoms with van der Waals surface area (Å²) in [4.78, 5) is 24.2. The van der Waals surface area contributed by atoms with Crippen LogP contribution in [-0.4, -0.2) is 47.1 Å². The largest absolute Gasteiger partial charge is 0.497 e. The van der Waals surface area contributed by atoms with Crippen LogP contribution in [0.15, 0.2) is 57.3 Å². The minimum atomic E-state index is -4.78. The maximum atomic E-state index is 13.9. The number of aromatic nitrogens is 4. The summed E-state index contributed by atoms with van der Waals surface area (Å²) >= 11 is 7.40. The van der Waals surface area contributed by atoms with Gasteiger partial charge >= 0.3 is 6.18 Å². The van der Waals surface area contributed by atoms with Gasteiger partial charge in [-0.05, 0) is 56.0 Å². The van der Waals surface area contributed by atoms with Crippen LogP contribution in [0.25, 0.3) is 0 Å². The Morgan fingerprint density at radius 2 is 1.96 bits per heavy atom. The van der Waals surface area contributed by atoms with Gasteiger partial charge < -0.3 is 24.4 Å². The molecule has 1 saturated heterocycles. The van der Waals surface area contributed by atoms with Crippen molar-refractivity contribution in [1.29, 1.82) is 0 Å². The minimum Gasteiger partial charge on any atom is -0.497 e. The summed E-state index contributed by atoms with van der Waals surface area (Å²) in [5, 5.41) is 7.79. The molecule has 0 bridgehead atoms. The fourth-order valence-corrected chi connectivity index (χ4v) is 6.99. The van der Waals surface area contributed by atoms with E-state index in [9.17, 15) is 22.4 Å². The van der Waals surface area contributed by atoms with Crippen molar-refractivity contribution in [2.45, 2.75) is 61.1 Å². The maximum absolute atomic E-state index is 13.9. The van der Waals surface area contributed by atoms with Crippen LogP contribution in [0.3, 0.4) is 0 Å². The molecule has 2 aromatic heterocycles. The number of benzene rings is 2. The fraction of sp³-hybridized carbons (Fsp3) is 0.375. The zero-order chi connectivity index (χ0) is 34.0. The second-order valence-corrected chi connectivity index (χ2v) is 12.5. The molecule has 0 aliphatic carbocycles. The van der Waals surface area contributed by atoms with Gasteiger partial charge in [-0.15, -0.1) is 0 Å². The van der Waals surface area contributed by atoms with Crippen molar-refractivity contribution in [1.82, 2.24) is 19.7 Å². The summed E-state index contributed by atoms with van der Waals surface area (Å²) in [7, 11) is 3.07. The van der Waals surface area contributed by atoms with E-state index in [1.807, 2.05) is 11.0 Å². The Hall–Kier alpha value is -4.08. The van der Waals surface area contributed by atoms with Crippen LogP contribution < -0.4 is 25.2 Å². The van der Waals surface area contributed by atoms with Crippen molar-refractivity contribution in [3.8, 4) is 11.5 Å². The lowest BCUT2D eigenvalue weighted by atomic mass is 10.1. The summed E-state index contributed by atoms with van der Waals surface area (Å²) in [6.45, 7) is 1.29. The third-order valence-electron chi connectivity index (χ3n) is 8.11. The summed E-state index contributed by atoms with van der Waals surface area (Å²) in [6.07, 6.45) is -0.948. The lowest BCUT2D eigenvalue weighted by Gasteiger charge is -2.32. The van der Waals surface area contributed by atoms with Gasteiger partial charge in [0.25, 0.3) is 5.56 Å². The van der Waals surface area contributed by atoms with Crippen LogP contribution >= 0.6 is 23.4 Å². The van der Waals surface area contributed by atoms with E-state index in [-0.39, 0.29) is 34.0 Å². The molecule has 0 amide bonds. The number of halogens is 5. The number of rotatable bonds is 9. The third kappa shape index (κ3) is 7.17. The molecule has 16 heteroatoms. The zero-order valence-electron chi connectivity index (χ0n) is 25.9. The molecule has 10 nitrogen and oxygen atoms in total. The molecule has 48 heavy (non-hydrogen) atoms. The molecule has 0 saturated carbocycles. The molecule has 1 N–H and O–H groups in total. The number of nitrogens with one attached hydrogen (secondary N) is 1. The molecule has 0 radical (unpaired) electrons. The molecule has 0 spiro atoms. The highest BCUT2D eigenvalue weighted by Gasteiger charge is 2.35. The van der Waals surface area contributed by atoms with Crippen molar-refractivity contribution in [2.24, 2.45) is 0 Å². The first-order valence-corrected chi connectivity index (χ1v) is 16.3. The van der Waals surface area contributed by atoms with E-state index >= 15 is 0 Å². The quantitative estimate of drug-likeness (QED) is 0.146. The van der Waals surface area contributed by atoms with Gasteiger partial charge in [0.1, 0.15) is 27.4 Å². The number of methoxy groups -OCH3 is 2. The van der Waals surface area contributed by atoms with E-state index in [4.69, 9.17) is 30.8 Å². The van der Waals surface area contributed by atoms with Crippen molar-refractivity contribution < 1.29 is 31.8 Å². The van der Waals surface area contributed by atoms with Gasteiger partial charge in [-0.1, -0.05) is 23.4 Å². The third-order valence-corrected chi connectivity index (χ3v) is 9.57. The average molecular weight is 707 g/mol. The van der Waals surface area contributed by atoms with Crippen LogP contribution in [0.5, 0.6) is 11.5 Å². The highest BCUT2D eigenvalue weighted by atomic mass is 35.5.